The molecular weight excluding hydrogens is 508 g/mol. The summed E-state index contributed by atoms with van der Waals surface area (Å²) >= 11 is 0. The van der Waals surface area contributed by atoms with E-state index in [-0.39, 0.29) is 28.6 Å². The van der Waals surface area contributed by atoms with Gasteiger partial charge < -0.3 is 34.1 Å². The molecule has 1 amide bonds. The standard InChI is InChI=1S/C28H28N2O9/c1-35-22-10-8-17(13-21(22)30(33)34)9-11-26(31)29-20-12-18(14-23(36-2)27(20)32)6-7-19-15-24(37-3)28(39-5)25(16-19)38-4/h6-16,32H,1-5H3,(H,29,31)/b7-6+,11-9+. The zero-order valence-corrected chi connectivity index (χ0v) is 22.0. The molecule has 3 rings (SSSR count). The van der Waals surface area contributed by atoms with Crippen molar-refractivity contribution < 1.29 is 38.5 Å². The molecule has 3 aromatic rings. The van der Waals surface area contributed by atoms with Crippen LogP contribution in [0.1, 0.15) is 16.7 Å². The van der Waals surface area contributed by atoms with Gasteiger partial charge in [-0.15, -0.1) is 0 Å². The van der Waals surface area contributed by atoms with E-state index in [1.807, 2.05) is 0 Å². The fourth-order valence-corrected chi connectivity index (χ4v) is 3.67. The summed E-state index contributed by atoms with van der Waals surface area (Å²) in [6.45, 7) is 0. The van der Waals surface area contributed by atoms with Gasteiger partial charge in [0.2, 0.25) is 11.7 Å². The van der Waals surface area contributed by atoms with Crippen molar-refractivity contribution in [2.75, 3.05) is 40.9 Å². The molecule has 0 radical (unpaired) electrons. The average Bonchev–Trinajstić information content (AvgIpc) is 2.95. The summed E-state index contributed by atoms with van der Waals surface area (Å²) in [7, 11) is 7.29. The lowest BCUT2D eigenvalue weighted by atomic mass is 10.1. The summed E-state index contributed by atoms with van der Waals surface area (Å²) in [5.74, 6) is 0.858. The second kappa shape index (κ2) is 12.9. The fraction of sp³-hybridized carbons (Fsp3) is 0.179. The molecule has 11 heteroatoms. The van der Waals surface area contributed by atoms with Gasteiger partial charge in [0.05, 0.1) is 46.2 Å². The molecule has 0 fully saturated rings. The van der Waals surface area contributed by atoms with E-state index in [1.54, 1.807) is 42.5 Å². The summed E-state index contributed by atoms with van der Waals surface area (Å²) in [5.41, 5.74) is 1.66. The number of ether oxygens (including phenoxy) is 5. The molecule has 0 saturated heterocycles. The topological polar surface area (TPSA) is 139 Å². The predicted molar refractivity (Wildman–Crippen MR) is 147 cm³/mol. The molecule has 11 nitrogen and oxygen atoms in total. The maximum absolute atomic E-state index is 12.6. The summed E-state index contributed by atoms with van der Waals surface area (Å²) in [4.78, 5) is 23.3. The third-order valence-corrected chi connectivity index (χ3v) is 5.56. The minimum atomic E-state index is -0.573. The van der Waals surface area contributed by atoms with Crippen molar-refractivity contribution in [3.8, 4) is 34.5 Å². The third-order valence-electron chi connectivity index (χ3n) is 5.56. The van der Waals surface area contributed by atoms with Gasteiger partial charge in [-0.2, -0.15) is 0 Å². The van der Waals surface area contributed by atoms with E-state index < -0.39 is 10.8 Å². The van der Waals surface area contributed by atoms with Crippen LogP contribution in [0.3, 0.4) is 0 Å². The highest BCUT2D eigenvalue weighted by atomic mass is 16.6. The van der Waals surface area contributed by atoms with Gasteiger partial charge in [-0.05, 0) is 53.1 Å². The second-order valence-electron chi connectivity index (χ2n) is 7.92. The van der Waals surface area contributed by atoms with Gasteiger partial charge in [0.15, 0.2) is 28.7 Å². The number of rotatable bonds is 11. The van der Waals surface area contributed by atoms with Crippen LogP contribution < -0.4 is 29.0 Å². The van der Waals surface area contributed by atoms with Crippen LogP contribution in [-0.4, -0.2) is 51.5 Å². The van der Waals surface area contributed by atoms with Crippen LogP contribution in [0.25, 0.3) is 18.2 Å². The van der Waals surface area contributed by atoms with E-state index in [0.29, 0.717) is 28.4 Å². The molecule has 0 unspecified atom stereocenters. The minimum absolute atomic E-state index is 0.106. The maximum Gasteiger partial charge on any atom is 0.311 e. The van der Waals surface area contributed by atoms with Crippen LogP contribution >= 0.6 is 0 Å². The van der Waals surface area contributed by atoms with Crippen molar-refractivity contribution in [2.45, 2.75) is 0 Å². The Morgan fingerprint density at radius 1 is 0.769 bits per heavy atom. The van der Waals surface area contributed by atoms with Gasteiger partial charge in [-0.25, -0.2) is 0 Å². The van der Waals surface area contributed by atoms with E-state index in [0.717, 1.165) is 5.56 Å². The summed E-state index contributed by atoms with van der Waals surface area (Å²) < 4.78 is 26.4. The summed E-state index contributed by atoms with van der Waals surface area (Å²) in [5, 5.41) is 24.4. The number of benzene rings is 3. The van der Waals surface area contributed by atoms with Crippen LogP contribution in [0, 0.1) is 10.1 Å². The van der Waals surface area contributed by atoms with Crippen LogP contribution in [-0.2, 0) is 4.79 Å². The first kappa shape index (κ1) is 28.4. The van der Waals surface area contributed by atoms with Gasteiger partial charge in [0, 0.05) is 12.1 Å². The van der Waals surface area contributed by atoms with Gasteiger partial charge in [0.1, 0.15) is 0 Å². The highest BCUT2D eigenvalue weighted by Crippen LogP contribution is 2.39. The van der Waals surface area contributed by atoms with Gasteiger partial charge in [-0.1, -0.05) is 18.2 Å². The molecule has 0 aliphatic rings. The molecular formula is C28H28N2O9. The van der Waals surface area contributed by atoms with E-state index in [9.17, 15) is 20.0 Å². The number of hydrogen-bond acceptors (Lipinski definition) is 9. The van der Waals surface area contributed by atoms with E-state index in [1.165, 1.54) is 59.8 Å². The van der Waals surface area contributed by atoms with Gasteiger partial charge in [0.25, 0.3) is 0 Å². The van der Waals surface area contributed by atoms with Crippen molar-refractivity contribution in [2.24, 2.45) is 0 Å². The number of methoxy groups -OCH3 is 5. The number of carbonyl (C=O) groups is 1. The molecule has 0 aromatic heterocycles. The van der Waals surface area contributed by atoms with Crippen LogP contribution in [0.2, 0.25) is 0 Å². The number of anilines is 1. The van der Waals surface area contributed by atoms with E-state index in [4.69, 9.17) is 23.7 Å². The molecule has 39 heavy (non-hydrogen) atoms. The molecule has 0 atom stereocenters. The Labute approximate surface area is 225 Å². The number of nitrogens with zero attached hydrogens (tertiary/aromatic N) is 1. The lowest BCUT2D eigenvalue weighted by Gasteiger charge is -2.13. The number of nitro groups is 1. The van der Waals surface area contributed by atoms with Gasteiger partial charge >= 0.3 is 5.69 Å². The Kier molecular flexibility index (Phi) is 9.36. The number of carbonyl (C=O) groups excluding carboxylic acids is 1. The monoisotopic (exact) mass is 536 g/mol. The van der Waals surface area contributed by atoms with E-state index in [2.05, 4.69) is 5.32 Å². The number of aromatic hydroxyl groups is 1. The fourth-order valence-electron chi connectivity index (χ4n) is 3.67. The number of phenols is 1. The second-order valence-corrected chi connectivity index (χ2v) is 7.92. The Bertz CT molecular complexity index is 1410. The average molecular weight is 537 g/mol. The molecule has 0 heterocycles. The van der Waals surface area contributed by atoms with Crippen molar-refractivity contribution in [3.63, 3.8) is 0 Å². The molecule has 204 valence electrons. The largest absolute Gasteiger partial charge is 0.503 e. The highest BCUT2D eigenvalue weighted by molar-refractivity contribution is 6.03. The lowest BCUT2D eigenvalue weighted by Crippen LogP contribution is -2.08. The smallest absolute Gasteiger partial charge is 0.311 e. The Hall–Kier alpha value is -5.19. The molecule has 0 aliphatic heterocycles. The van der Waals surface area contributed by atoms with Gasteiger partial charge in [-0.3, -0.25) is 14.9 Å². The Morgan fingerprint density at radius 3 is 1.87 bits per heavy atom. The molecule has 0 saturated carbocycles. The van der Waals surface area contributed by atoms with Crippen molar-refractivity contribution in [1.29, 1.82) is 0 Å². The molecule has 0 aliphatic carbocycles. The van der Waals surface area contributed by atoms with E-state index >= 15 is 0 Å². The number of nitrogens with one attached hydrogen (secondary N) is 1. The summed E-state index contributed by atoms with van der Waals surface area (Å²) in [6, 6.07) is 11.0. The molecule has 2 N–H and O–H groups in total. The molecule has 0 bridgehead atoms. The van der Waals surface area contributed by atoms with Crippen LogP contribution in [0.4, 0.5) is 11.4 Å². The van der Waals surface area contributed by atoms with Crippen molar-refractivity contribution in [3.05, 3.63) is 75.3 Å². The van der Waals surface area contributed by atoms with Crippen molar-refractivity contribution >= 4 is 35.5 Å². The number of phenolic OH excluding ortho intramolecular Hbond substituents is 1. The normalized spacial score (nSPS) is 10.9. The number of amides is 1. The quantitative estimate of drug-likeness (QED) is 0.112. The minimum Gasteiger partial charge on any atom is -0.503 e. The SMILES string of the molecule is COc1ccc(/C=C/C(=O)Nc2cc(/C=C/c3cc(OC)c(OC)c(OC)c3)cc(OC)c2O)cc1[N+](=O)[O-]. The lowest BCUT2D eigenvalue weighted by molar-refractivity contribution is -0.385. The predicted octanol–water partition coefficient (Wildman–Crippen LogP) is 5.17. The zero-order valence-electron chi connectivity index (χ0n) is 22.0. The summed E-state index contributed by atoms with van der Waals surface area (Å²) in [6.07, 6.45) is 6.14. The zero-order chi connectivity index (χ0) is 28.5. The Morgan fingerprint density at radius 2 is 1.33 bits per heavy atom. The van der Waals surface area contributed by atoms with Crippen LogP contribution in [0.5, 0.6) is 34.5 Å². The first-order valence-corrected chi connectivity index (χ1v) is 11.4. The third kappa shape index (κ3) is 6.77. The number of nitro benzene ring substituents is 1. The number of hydrogen-bond donors (Lipinski definition) is 2. The molecule has 0 spiro atoms. The first-order valence-electron chi connectivity index (χ1n) is 11.4. The van der Waals surface area contributed by atoms with Crippen LogP contribution in [0.15, 0.2) is 48.5 Å². The highest BCUT2D eigenvalue weighted by Gasteiger charge is 2.16. The maximum atomic E-state index is 12.6. The Balaban J connectivity index is 1.86. The first-order chi connectivity index (χ1) is 18.7. The van der Waals surface area contributed by atoms with Crippen molar-refractivity contribution in [1.82, 2.24) is 0 Å². The molecule has 3 aromatic carbocycles.